The van der Waals surface area contributed by atoms with Crippen LogP contribution in [-0.2, 0) is 19.5 Å². The molecule has 0 bridgehead atoms. The Morgan fingerprint density at radius 3 is 2.64 bits per heavy atom. The molecule has 2 N–H and O–H groups in total. The first-order valence-corrected chi connectivity index (χ1v) is 16.7. The van der Waals surface area contributed by atoms with Crippen LogP contribution in [0.3, 0.4) is 0 Å². The molecule has 3 aromatic heterocycles. The normalized spacial score (nSPS) is 19.7. The first kappa shape index (κ1) is 30.4. The van der Waals surface area contributed by atoms with Gasteiger partial charge in [0.05, 0.1) is 11.8 Å². The Balaban J connectivity index is 0.979. The molecular formula is C33H39F3N8S. The topological polar surface area (TPSA) is 85.0 Å². The molecule has 3 fully saturated rings. The fourth-order valence-electron chi connectivity index (χ4n) is 7.51. The Hall–Kier alpha value is -3.24. The Bertz CT molecular complexity index is 1730. The number of piperidine rings is 2. The van der Waals surface area contributed by atoms with Crippen molar-refractivity contribution in [2.75, 3.05) is 51.1 Å². The summed E-state index contributed by atoms with van der Waals surface area (Å²) in [6.07, 6.45) is 0.622. The van der Waals surface area contributed by atoms with E-state index < -0.39 is 12.6 Å². The second kappa shape index (κ2) is 12.2. The molecule has 238 valence electrons. The Morgan fingerprint density at radius 1 is 1.09 bits per heavy atom. The summed E-state index contributed by atoms with van der Waals surface area (Å²) in [5.74, 6) is 0.613. The fraction of sp³-hybridized carbons (Fsp3) is 0.545. The van der Waals surface area contributed by atoms with Crippen molar-refractivity contribution in [2.45, 2.75) is 64.3 Å². The third-order valence-corrected chi connectivity index (χ3v) is 11.1. The van der Waals surface area contributed by atoms with E-state index in [1.807, 2.05) is 0 Å². The van der Waals surface area contributed by atoms with Crippen molar-refractivity contribution in [1.29, 1.82) is 5.26 Å². The number of likely N-dealkylation sites (tertiary alicyclic amines) is 2. The molecular weight excluding hydrogens is 597 g/mol. The van der Waals surface area contributed by atoms with E-state index in [9.17, 15) is 18.4 Å². The highest BCUT2D eigenvalue weighted by molar-refractivity contribution is 7.18. The van der Waals surface area contributed by atoms with E-state index in [2.05, 4.69) is 66.2 Å². The van der Waals surface area contributed by atoms with Crippen LogP contribution in [0, 0.1) is 23.7 Å². The van der Waals surface area contributed by atoms with Crippen molar-refractivity contribution in [3.63, 3.8) is 0 Å². The molecule has 0 amide bonds. The molecule has 1 spiro atoms. The molecule has 0 atom stereocenters. The fourth-order valence-corrected chi connectivity index (χ4v) is 8.54. The molecule has 12 heteroatoms. The summed E-state index contributed by atoms with van der Waals surface area (Å²) in [4.78, 5) is 14.4. The number of nitrogens with one attached hydrogen (secondary N) is 2. The van der Waals surface area contributed by atoms with Crippen LogP contribution in [0.5, 0.6) is 0 Å². The van der Waals surface area contributed by atoms with Gasteiger partial charge in [0.25, 0.3) is 0 Å². The second-order valence-corrected chi connectivity index (χ2v) is 14.3. The van der Waals surface area contributed by atoms with Gasteiger partial charge < -0.3 is 20.1 Å². The predicted octanol–water partition coefficient (Wildman–Crippen LogP) is 5.69. The van der Waals surface area contributed by atoms with E-state index in [0.717, 1.165) is 99.7 Å². The number of alkyl halides is 3. The molecule has 0 unspecified atom stereocenters. The van der Waals surface area contributed by atoms with Crippen molar-refractivity contribution >= 4 is 38.3 Å². The van der Waals surface area contributed by atoms with Gasteiger partial charge in [0, 0.05) is 79.6 Å². The summed E-state index contributed by atoms with van der Waals surface area (Å²) >= 11 is 1.08. The summed E-state index contributed by atoms with van der Waals surface area (Å²) in [6, 6.07) is 10.7. The summed E-state index contributed by atoms with van der Waals surface area (Å²) < 4.78 is 41.0. The van der Waals surface area contributed by atoms with E-state index in [4.69, 9.17) is 0 Å². The van der Waals surface area contributed by atoms with E-state index in [1.165, 1.54) is 30.3 Å². The number of hydrogen-bond donors (Lipinski definition) is 2. The zero-order valence-electron chi connectivity index (χ0n) is 25.6. The van der Waals surface area contributed by atoms with Crippen LogP contribution < -0.4 is 10.6 Å². The number of anilines is 1. The lowest BCUT2D eigenvalue weighted by Gasteiger charge is -2.49. The highest BCUT2D eigenvalue weighted by atomic mass is 32.1. The van der Waals surface area contributed by atoms with Crippen LogP contribution >= 0.6 is 11.3 Å². The number of nitrogens with zero attached hydrogens (tertiary/aromatic N) is 6. The van der Waals surface area contributed by atoms with Crippen LogP contribution in [-0.4, -0.2) is 82.4 Å². The number of thiophene rings is 1. The maximum absolute atomic E-state index is 12.9. The zero-order chi connectivity index (χ0) is 31.2. The van der Waals surface area contributed by atoms with Crippen molar-refractivity contribution in [3.05, 3.63) is 52.3 Å². The number of aromatic nitrogens is 3. The van der Waals surface area contributed by atoms with Crippen LogP contribution in [0.25, 0.3) is 21.1 Å². The monoisotopic (exact) mass is 636 g/mol. The van der Waals surface area contributed by atoms with E-state index in [1.54, 1.807) is 6.07 Å². The number of rotatable bonds is 8. The molecule has 4 aromatic rings. The standard InChI is InChI=1S/C33H39F3N8S/c1-22-23(3-4-29-27(22)13-25(16-37)44(29)12-11-43-8-2-7-32(20-43)18-38-19-32)17-42-9-5-24(6-10-42)41-30-28-14-26(15-33(34,35)36)45-31(28)40-21-39-30/h3-4,13-14,21,24,38H,2,5-12,15,17-20H2,1H3,(H,39,40,41). The molecule has 1 aromatic carbocycles. The third-order valence-electron chi connectivity index (χ3n) is 10.0. The average molecular weight is 637 g/mol. The molecule has 0 saturated carbocycles. The van der Waals surface area contributed by atoms with Gasteiger partial charge in [0.2, 0.25) is 0 Å². The highest BCUT2D eigenvalue weighted by Gasteiger charge is 2.40. The third kappa shape index (κ3) is 6.41. The summed E-state index contributed by atoms with van der Waals surface area (Å²) in [7, 11) is 0. The van der Waals surface area contributed by atoms with Crippen molar-refractivity contribution in [3.8, 4) is 6.07 Å². The second-order valence-electron chi connectivity index (χ2n) is 13.2. The maximum atomic E-state index is 12.9. The number of halogens is 3. The van der Waals surface area contributed by atoms with Gasteiger partial charge in [-0.3, -0.25) is 4.90 Å². The van der Waals surface area contributed by atoms with Gasteiger partial charge >= 0.3 is 6.18 Å². The van der Waals surface area contributed by atoms with Gasteiger partial charge in [-0.25, -0.2) is 9.97 Å². The lowest BCUT2D eigenvalue weighted by molar-refractivity contribution is -0.126. The lowest BCUT2D eigenvalue weighted by atomic mass is 9.75. The number of aryl methyl sites for hydroxylation is 1. The smallest absolute Gasteiger partial charge is 0.367 e. The van der Waals surface area contributed by atoms with Crippen molar-refractivity contribution in [2.24, 2.45) is 5.41 Å². The highest BCUT2D eigenvalue weighted by Crippen LogP contribution is 2.35. The van der Waals surface area contributed by atoms with Gasteiger partial charge in [0.1, 0.15) is 28.7 Å². The Morgan fingerprint density at radius 2 is 1.91 bits per heavy atom. The minimum Gasteiger partial charge on any atom is -0.367 e. The molecule has 0 radical (unpaired) electrons. The van der Waals surface area contributed by atoms with Crippen LogP contribution in [0.15, 0.2) is 30.6 Å². The predicted molar refractivity (Wildman–Crippen MR) is 171 cm³/mol. The molecule has 3 aliphatic heterocycles. The average Bonchev–Trinajstić information content (AvgIpc) is 3.58. The first-order chi connectivity index (χ1) is 21.7. The van der Waals surface area contributed by atoms with Gasteiger partial charge in [-0.2, -0.15) is 18.4 Å². The SMILES string of the molecule is Cc1c(CN2CCC(Nc3ncnc4sc(CC(F)(F)F)cc34)CC2)ccc2c1cc(C#N)n2CCN1CCCC2(CNC2)C1. The molecule has 0 aliphatic carbocycles. The van der Waals surface area contributed by atoms with Crippen LogP contribution in [0.1, 0.15) is 47.4 Å². The van der Waals surface area contributed by atoms with Crippen molar-refractivity contribution in [1.82, 2.24) is 29.7 Å². The number of benzene rings is 1. The summed E-state index contributed by atoms with van der Waals surface area (Å²) in [5.41, 5.74) is 4.83. The van der Waals surface area contributed by atoms with E-state index in [0.29, 0.717) is 21.4 Å². The summed E-state index contributed by atoms with van der Waals surface area (Å²) in [6.45, 7) is 11.2. The van der Waals surface area contributed by atoms with E-state index >= 15 is 0 Å². The maximum Gasteiger partial charge on any atom is 0.393 e. The van der Waals surface area contributed by atoms with E-state index in [-0.39, 0.29) is 10.9 Å². The number of nitriles is 1. The summed E-state index contributed by atoms with van der Waals surface area (Å²) in [5, 5.41) is 18.7. The molecule has 3 aliphatic rings. The molecule has 6 heterocycles. The largest absolute Gasteiger partial charge is 0.393 e. The lowest BCUT2D eigenvalue weighted by Crippen LogP contribution is -2.61. The minimum absolute atomic E-state index is 0.191. The van der Waals surface area contributed by atoms with Gasteiger partial charge in [0.15, 0.2) is 0 Å². The van der Waals surface area contributed by atoms with Gasteiger partial charge in [-0.1, -0.05) is 6.07 Å². The van der Waals surface area contributed by atoms with Crippen molar-refractivity contribution < 1.29 is 13.2 Å². The minimum atomic E-state index is -4.25. The molecule has 8 nitrogen and oxygen atoms in total. The molecule has 7 rings (SSSR count). The van der Waals surface area contributed by atoms with Crippen LogP contribution in [0.4, 0.5) is 19.0 Å². The van der Waals surface area contributed by atoms with Gasteiger partial charge in [-0.15, -0.1) is 11.3 Å². The van der Waals surface area contributed by atoms with Gasteiger partial charge in [-0.05, 0) is 68.5 Å². The number of fused-ring (bicyclic) bond motifs is 2. The van der Waals surface area contributed by atoms with Crippen LogP contribution in [0.2, 0.25) is 0 Å². The Labute approximate surface area is 265 Å². The zero-order valence-corrected chi connectivity index (χ0v) is 26.4. The molecule has 3 saturated heterocycles. The quantitative estimate of drug-likeness (QED) is 0.257. The molecule has 45 heavy (non-hydrogen) atoms. The Kier molecular flexibility index (Phi) is 8.23. The first-order valence-electron chi connectivity index (χ1n) is 15.9. The number of hydrogen-bond acceptors (Lipinski definition) is 8.